The number of carbonyl (C=O) groups is 1. The molecule has 1 aliphatic heterocycles. The molecule has 1 unspecified atom stereocenters. The maximum absolute atomic E-state index is 12.4. The molecule has 22 heavy (non-hydrogen) atoms. The largest absolute Gasteiger partial charge is 0.323 e. The van der Waals surface area contributed by atoms with E-state index in [1.165, 1.54) is 0 Å². The molecule has 1 aromatic heterocycles. The van der Waals surface area contributed by atoms with Crippen molar-refractivity contribution in [2.45, 2.75) is 26.7 Å². The number of hydrogen-bond donors (Lipinski definition) is 2. The lowest BCUT2D eigenvalue weighted by Gasteiger charge is -2.21. The molecule has 5 heteroatoms. The summed E-state index contributed by atoms with van der Waals surface area (Å²) in [6, 6.07) is 9.97. The van der Waals surface area contributed by atoms with Gasteiger partial charge in [-0.1, -0.05) is 18.2 Å². The molecule has 0 saturated carbocycles. The molecule has 1 fully saturated rings. The fourth-order valence-corrected chi connectivity index (χ4v) is 2.95. The van der Waals surface area contributed by atoms with Gasteiger partial charge in [-0.3, -0.25) is 4.79 Å². The van der Waals surface area contributed by atoms with E-state index in [0.717, 1.165) is 48.7 Å². The van der Waals surface area contributed by atoms with E-state index in [1.54, 1.807) is 0 Å². The number of nitrogens with one attached hydrogen (secondary N) is 2. The third-order valence-corrected chi connectivity index (χ3v) is 4.21. The van der Waals surface area contributed by atoms with Crippen molar-refractivity contribution in [1.29, 1.82) is 0 Å². The second-order valence-electron chi connectivity index (χ2n) is 5.83. The lowest BCUT2D eigenvalue weighted by atomic mass is 9.99. The molecular formula is C17H22N4O. The molecule has 1 atom stereocenters. The van der Waals surface area contributed by atoms with E-state index in [1.807, 2.05) is 48.9 Å². The SMILES string of the molecule is Cc1nn(-c2ccccc2)c(C)c1NC(=O)C1CCCNC1. The first kappa shape index (κ1) is 14.8. The average Bonchev–Trinajstić information content (AvgIpc) is 2.84. The summed E-state index contributed by atoms with van der Waals surface area (Å²) in [5, 5.41) is 10.9. The fourth-order valence-electron chi connectivity index (χ4n) is 2.95. The molecule has 5 nitrogen and oxygen atoms in total. The smallest absolute Gasteiger partial charge is 0.228 e. The number of para-hydroxylation sites is 1. The van der Waals surface area contributed by atoms with Gasteiger partial charge in [0.1, 0.15) is 0 Å². The van der Waals surface area contributed by atoms with Crippen LogP contribution in [0.2, 0.25) is 0 Å². The summed E-state index contributed by atoms with van der Waals surface area (Å²) in [6.07, 6.45) is 2.00. The van der Waals surface area contributed by atoms with Gasteiger partial charge in [-0.15, -0.1) is 0 Å². The van der Waals surface area contributed by atoms with Crippen LogP contribution in [0.5, 0.6) is 0 Å². The molecule has 116 valence electrons. The Labute approximate surface area is 130 Å². The molecular weight excluding hydrogens is 276 g/mol. The zero-order chi connectivity index (χ0) is 15.5. The lowest BCUT2D eigenvalue weighted by molar-refractivity contribution is -0.120. The first-order valence-electron chi connectivity index (χ1n) is 7.80. The van der Waals surface area contributed by atoms with Gasteiger partial charge >= 0.3 is 0 Å². The number of anilines is 1. The van der Waals surface area contributed by atoms with Crippen molar-refractivity contribution in [2.75, 3.05) is 18.4 Å². The maximum Gasteiger partial charge on any atom is 0.228 e. The van der Waals surface area contributed by atoms with Crippen molar-refractivity contribution < 1.29 is 4.79 Å². The molecule has 2 aromatic rings. The number of amides is 1. The molecule has 2 heterocycles. The molecule has 1 aliphatic rings. The Bertz CT molecular complexity index is 657. The fraction of sp³-hybridized carbons (Fsp3) is 0.412. The van der Waals surface area contributed by atoms with E-state index in [4.69, 9.17) is 0 Å². The van der Waals surface area contributed by atoms with E-state index in [-0.39, 0.29) is 11.8 Å². The molecule has 1 aromatic carbocycles. The van der Waals surface area contributed by atoms with Crippen LogP contribution in [0.3, 0.4) is 0 Å². The molecule has 0 radical (unpaired) electrons. The van der Waals surface area contributed by atoms with E-state index < -0.39 is 0 Å². The van der Waals surface area contributed by atoms with Gasteiger partial charge in [0.05, 0.1) is 28.7 Å². The van der Waals surface area contributed by atoms with Crippen LogP contribution in [-0.2, 0) is 4.79 Å². The Balaban J connectivity index is 1.82. The van der Waals surface area contributed by atoms with Gasteiger partial charge in [0, 0.05) is 6.54 Å². The summed E-state index contributed by atoms with van der Waals surface area (Å²) in [6.45, 7) is 5.69. The summed E-state index contributed by atoms with van der Waals surface area (Å²) in [7, 11) is 0. The predicted octanol–water partition coefficient (Wildman–Crippen LogP) is 2.43. The Hall–Kier alpha value is -2.14. The Kier molecular flexibility index (Phi) is 4.24. The molecule has 0 spiro atoms. The van der Waals surface area contributed by atoms with Gasteiger partial charge in [0.2, 0.25) is 5.91 Å². The van der Waals surface area contributed by atoms with Crippen molar-refractivity contribution in [3.05, 3.63) is 41.7 Å². The third-order valence-electron chi connectivity index (χ3n) is 4.21. The quantitative estimate of drug-likeness (QED) is 0.915. The maximum atomic E-state index is 12.4. The van der Waals surface area contributed by atoms with Crippen molar-refractivity contribution in [1.82, 2.24) is 15.1 Å². The number of aromatic nitrogens is 2. The van der Waals surface area contributed by atoms with Crippen LogP contribution >= 0.6 is 0 Å². The standard InChI is InChI=1S/C17H22N4O/c1-12-16(19-17(22)14-7-6-10-18-11-14)13(2)21(20-12)15-8-4-3-5-9-15/h3-5,8-9,14,18H,6-7,10-11H2,1-2H3,(H,19,22). The number of aryl methyl sites for hydroxylation is 1. The van der Waals surface area contributed by atoms with Crippen LogP contribution < -0.4 is 10.6 Å². The number of carbonyl (C=O) groups excluding carboxylic acids is 1. The number of rotatable bonds is 3. The van der Waals surface area contributed by atoms with E-state index in [0.29, 0.717) is 0 Å². The topological polar surface area (TPSA) is 59.0 Å². The summed E-state index contributed by atoms with van der Waals surface area (Å²) < 4.78 is 1.88. The third kappa shape index (κ3) is 2.90. The Morgan fingerprint density at radius 1 is 1.32 bits per heavy atom. The van der Waals surface area contributed by atoms with Crippen LogP contribution in [0.4, 0.5) is 5.69 Å². The summed E-state index contributed by atoms with van der Waals surface area (Å²) in [5.74, 6) is 0.138. The number of benzene rings is 1. The van der Waals surface area contributed by atoms with Crippen LogP contribution in [0.15, 0.2) is 30.3 Å². The summed E-state index contributed by atoms with van der Waals surface area (Å²) in [4.78, 5) is 12.4. The first-order valence-corrected chi connectivity index (χ1v) is 7.80. The van der Waals surface area contributed by atoms with Crippen molar-refractivity contribution in [2.24, 2.45) is 5.92 Å². The van der Waals surface area contributed by atoms with Gasteiger partial charge in [-0.05, 0) is 45.4 Å². The van der Waals surface area contributed by atoms with Crippen molar-refractivity contribution in [3.63, 3.8) is 0 Å². The Morgan fingerprint density at radius 3 is 2.77 bits per heavy atom. The van der Waals surface area contributed by atoms with E-state index in [9.17, 15) is 4.79 Å². The molecule has 0 bridgehead atoms. The van der Waals surface area contributed by atoms with E-state index in [2.05, 4.69) is 15.7 Å². The van der Waals surface area contributed by atoms with Crippen molar-refractivity contribution in [3.8, 4) is 5.69 Å². The van der Waals surface area contributed by atoms with Crippen LogP contribution in [0.1, 0.15) is 24.2 Å². The highest BCUT2D eigenvalue weighted by Crippen LogP contribution is 2.24. The summed E-state index contributed by atoms with van der Waals surface area (Å²) in [5.41, 5.74) is 3.64. The first-order chi connectivity index (χ1) is 10.7. The Morgan fingerprint density at radius 2 is 2.09 bits per heavy atom. The number of nitrogens with zero attached hydrogens (tertiary/aromatic N) is 2. The van der Waals surface area contributed by atoms with Crippen molar-refractivity contribution >= 4 is 11.6 Å². The lowest BCUT2D eigenvalue weighted by Crippen LogP contribution is -2.37. The number of hydrogen-bond acceptors (Lipinski definition) is 3. The summed E-state index contributed by atoms with van der Waals surface area (Å²) >= 11 is 0. The molecule has 1 saturated heterocycles. The minimum Gasteiger partial charge on any atom is -0.323 e. The molecule has 3 rings (SSSR count). The minimum atomic E-state index is 0.0487. The second kappa shape index (κ2) is 6.32. The zero-order valence-electron chi connectivity index (χ0n) is 13.1. The zero-order valence-corrected chi connectivity index (χ0v) is 13.1. The second-order valence-corrected chi connectivity index (χ2v) is 5.83. The number of piperidine rings is 1. The van der Waals surface area contributed by atoms with Crippen LogP contribution in [0, 0.1) is 19.8 Å². The predicted molar refractivity (Wildman–Crippen MR) is 87.3 cm³/mol. The molecule has 2 N–H and O–H groups in total. The van der Waals surface area contributed by atoms with Gasteiger partial charge in [-0.25, -0.2) is 4.68 Å². The normalized spacial score (nSPS) is 18.2. The average molecular weight is 298 g/mol. The van der Waals surface area contributed by atoms with Crippen LogP contribution in [0.25, 0.3) is 5.69 Å². The van der Waals surface area contributed by atoms with Gasteiger partial charge in [0.25, 0.3) is 0 Å². The monoisotopic (exact) mass is 298 g/mol. The van der Waals surface area contributed by atoms with Gasteiger partial charge < -0.3 is 10.6 Å². The molecule has 1 amide bonds. The van der Waals surface area contributed by atoms with Gasteiger partial charge in [-0.2, -0.15) is 5.10 Å². The minimum absolute atomic E-state index is 0.0487. The highest BCUT2D eigenvalue weighted by atomic mass is 16.1. The highest BCUT2D eigenvalue weighted by molar-refractivity contribution is 5.94. The highest BCUT2D eigenvalue weighted by Gasteiger charge is 2.23. The molecule has 0 aliphatic carbocycles. The van der Waals surface area contributed by atoms with E-state index >= 15 is 0 Å². The van der Waals surface area contributed by atoms with Gasteiger partial charge in [0.15, 0.2) is 0 Å². The van der Waals surface area contributed by atoms with Crippen LogP contribution in [-0.4, -0.2) is 28.8 Å².